The number of hydrogen-bond acceptors (Lipinski definition) is 4. The molecule has 1 amide bonds. The SMILES string of the molecule is CS(=O)(=O)NCCCNC(=O)Cc1ccc(C(N)=S)cc1. The van der Waals surface area contributed by atoms with Crippen molar-refractivity contribution in [2.45, 2.75) is 12.8 Å². The fraction of sp³-hybridized carbons (Fsp3) is 0.385. The average Bonchev–Trinajstić information content (AvgIpc) is 2.37. The first-order chi connectivity index (χ1) is 9.78. The molecular weight excluding hydrogens is 310 g/mol. The van der Waals surface area contributed by atoms with Gasteiger partial charge in [-0.15, -0.1) is 0 Å². The molecule has 0 saturated heterocycles. The van der Waals surface area contributed by atoms with E-state index in [0.29, 0.717) is 24.5 Å². The maximum atomic E-state index is 11.7. The number of hydrogen-bond donors (Lipinski definition) is 3. The third kappa shape index (κ3) is 7.74. The van der Waals surface area contributed by atoms with Crippen LogP contribution in [0.2, 0.25) is 0 Å². The van der Waals surface area contributed by atoms with E-state index < -0.39 is 10.0 Å². The van der Waals surface area contributed by atoms with E-state index in [-0.39, 0.29) is 12.3 Å². The molecule has 116 valence electrons. The first-order valence-corrected chi connectivity index (χ1v) is 8.68. The van der Waals surface area contributed by atoms with Crippen LogP contribution in [0.3, 0.4) is 0 Å². The molecular formula is C13H19N3O3S2. The maximum Gasteiger partial charge on any atom is 0.224 e. The lowest BCUT2D eigenvalue weighted by Crippen LogP contribution is -2.30. The highest BCUT2D eigenvalue weighted by Gasteiger charge is 2.04. The second-order valence-corrected chi connectivity index (χ2v) is 6.88. The van der Waals surface area contributed by atoms with Crippen molar-refractivity contribution in [3.63, 3.8) is 0 Å². The molecule has 0 aliphatic heterocycles. The first kappa shape index (κ1) is 17.5. The molecule has 6 nitrogen and oxygen atoms in total. The van der Waals surface area contributed by atoms with Crippen LogP contribution in [-0.4, -0.2) is 38.7 Å². The molecule has 0 heterocycles. The Morgan fingerprint density at radius 3 is 2.38 bits per heavy atom. The van der Waals surface area contributed by atoms with Crippen LogP contribution >= 0.6 is 12.2 Å². The molecule has 1 aromatic carbocycles. The van der Waals surface area contributed by atoms with Crippen LogP contribution in [-0.2, 0) is 21.2 Å². The second-order valence-electron chi connectivity index (χ2n) is 4.61. The van der Waals surface area contributed by atoms with Gasteiger partial charge in [-0.05, 0) is 12.0 Å². The van der Waals surface area contributed by atoms with Gasteiger partial charge in [0.2, 0.25) is 15.9 Å². The van der Waals surface area contributed by atoms with Gasteiger partial charge in [-0.1, -0.05) is 36.5 Å². The largest absolute Gasteiger partial charge is 0.389 e. The second kappa shape index (κ2) is 8.06. The third-order valence-corrected chi connectivity index (χ3v) is 3.61. The minimum Gasteiger partial charge on any atom is -0.389 e. The monoisotopic (exact) mass is 329 g/mol. The number of thiocarbonyl (C=S) groups is 1. The van der Waals surface area contributed by atoms with Crippen molar-refractivity contribution < 1.29 is 13.2 Å². The molecule has 0 aromatic heterocycles. The summed E-state index contributed by atoms with van der Waals surface area (Å²) < 4.78 is 24.0. The molecule has 0 saturated carbocycles. The molecule has 0 aliphatic rings. The molecule has 8 heteroatoms. The number of nitrogens with one attached hydrogen (secondary N) is 2. The van der Waals surface area contributed by atoms with Crippen molar-refractivity contribution in [1.29, 1.82) is 0 Å². The lowest BCUT2D eigenvalue weighted by atomic mass is 10.1. The van der Waals surface area contributed by atoms with Crippen molar-refractivity contribution >= 4 is 33.1 Å². The van der Waals surface area contributed by atoms with Crippen LogP contribution in [0.4, 0.5) is 0 Å². The van der Waals surface area contributed by atoms with Gasteiger partial charge in [-0.3, -0.25) is 4.79 Å². The minimum atomic E-state index is -3.17. The van der Waals surface area contributed by atoms with E-state index >= 15 is 0 Å². The Bertz CT molecular complexity index is 598. The maximum absolute atomic E-state index is 11.7. The summed E-state index contributed by atoms with van der Waals surface area (Å²) >= 11 is 4.85. The van der Waals surface area contributed by atoms with Crippen molar-refractivity contribution in [3.8, 4) is 0 Å². The summed E-state index contributed by atoms with van der Waals surface area (Å²) in [6, 6.07) is 7.17. The zero-order valence-corrected chi connectivity index (χ0v) is 13.4. The molecule has 4 N–H and O–H groups in total. The van der Waals surface area contributed by atoms with Crippen LogP contribution in [0.1, 0.15) is 17.5 Å². The Morgan fingerprint density at radius 1 is 1.24 bits per heavy atom. The van der Waals surface area contributed by atoms with Gasteiger partial charge in [0.1, 0.15) is 4.99 Å². The van der Waals surface area contributed by atoms with E-state index in [0.717, 1.165) is 17.4 Å². The van der Waals surface area contributed by atoms with Crippen LogP contribution < -0.4 is 15.8 Å². The third-order valence-electron chi connectivity index (χ3n) is 2.64. The summed E-state index contributed by atoms with van der Waals surface area (Å²) in [5, 5.41) is 2.73. The van der Waals surface area contributed by atoms with Gasteiger partial charge >= 0.3 is 0 Å². The molecule has 0 spiro atoms. The van der Waals surface area contributed by atoms with Crippen LogP contribution in [0.25, 0.3) is 0 Å². The number of benzene rings is 1. The van der Waals surface area contributed by atoms with Gasteiger partial charge in [0.15, 0.2) is 0 Å². The fourth-order valence-electron chi connectivity index (χ4n) is 1.61. The van der Waals surface area contributed by atoms with Crippen LogP contribution in [0.15, 0.2) is 24.3 Å². The molecule has 0 radical (unpaired) electrons. The van der Waals surface area contributed by atoms with Gasteiger partial charge in [0.05, 0.1) is 12.7 Å². The van der Waals surface area contributed by atoms with Crippen molar-refractivity contribution in [2.24, 2.45) is 5.73 Å². The summed E-state index contributed by atoms with van der Waals surface area (Å²) in [7, 11) is -3.17. The van der Waals surface area contributed by atoms with E-state index in [9.17, 15) is 13.2 Å². The Labute approximate surface area is 130 Å². The summed E-state index contributed by atoms with van der Waals surface area (Å²) in [6.07, 6.45) is 1.90. The summed E-state index contributed by atoms with van der Waals surface area (Å²) in [4.78, 5) is 12.0. The van der Waals surface area contributed by atoms with Crippen molar-refractivity contribution in [3.05, 3.63) is 35.4 Å². The molecule has 21 heavy (non-hydrogen) atoms. The van der Waals surface area contributed by atoms with Gasteiger partial charge in [-0.2, -0.15) is 0 Å². The Kier molecular flexibility index (Phi) is 6.73. The van der Waals surface area contributed by atoms with Gasteiger partial charge in [0, 0.05) is 18.7 Å². The summed E-state index contributed by atoms with van der Waals surface area (Å²) in [5.41, 5.74) is 7.12. The number of rotatable bonds is 8. The van der Waals surface area contributed by atoms with Crippen molar-refractivity contribution in [2.75, 3.05) is 19.3 Å². The lowest BCUT2D eigenvalue weighted by Gasteiger charge is -2.06. The van der Waals surface area contributed by atoms with Gasteiger partial charge in [-0.25, -0.2) is 13.1 Å². The molecule has 0 atom stereocenters. The van der Waals surface area contributed by atoms with E-state index in [1.165, 1.54) is 0 Å². The zero-order chi connectivity index (χ0) is 15.9. The van der Waals surface area contributed by atoms with Crippen molar-refractivity contribution in [1.82, 2.24) is 10.0 Å². The predicted molar refractivity (Wildman–Crippen MR) is 86.5 cm³/mol. The molecule has 0 unspecified atom stereocenters. The predicted octanol–water partition coefficient (Wildman–Crippen LogP) is -0.0812. The number of nitrogens with two attached hydrogens (primary N) is 1. The zero-order valence-electron chi connectivity index (χ0n) is 11.8. The highest BCUT2D eigenvalue weighted by Crippen LogP contribution is 2.05. The standard InChI is InChI=1S/C13H19N3O3S2/c1-21(18,19)16-8-2-7-15-12(17)9-10-3-5-11(6-4-10)13(14)20/h3-6,16H,2,7-9H2,1H3,(H2,14,20)(H,15,17). The van der Waals surface area contributed by atoms with Gasteiger partial charge in [0.25, 0.3) is 0 Å². The van der Waals surface area contributed by atoms with E-state index in [4.69, 9.17) is 18.0 Å². The number of sulfonamides is 1. The summed E-state index contributed by atoms with van der Waals surface area (Å²) in [6.45, 7) is 0.730. The Balaban J connectivity index is 2.29. The van der Waals surface area contributed by atoms with Crippen LogP contribution in [0, 0.1) is 0 Å². The Morgan fingerprint density at radius 2 is 1.86 bits per heavy atom. The van der Waals surface area contributed by atoms with E-state index in [2.05, 4.69) is 10.0 Å². The number of carbonyl (C=O) groups excluding carboxylic acids is 1. The minimum absolute atomic E-state index is 0.113. The highest BCUT2D eigenvalue weighted by molar-refractivity contribution is 7.88. The average molecular weight is 329 g/mol. The smallest absolute Gasteiger partial charge is 0.224 e. The van der Waals surface area contributed by atoms with Gasteiger partial charge < -0.3 is 11.1 Å². The molecule has 1 rings (SSSR count). The topological polar surface area (TPSA) is 101 Å². The Hall–Kier alpha value is -1.51. The van der Waals surface area contributed by atoms with Crippen LogP contribution in [0.5, 0.6) is 0 Å². The van der Waals surface area contributed by atoms with E-state index in [1.54, 1.807) is 24.3 Å². The number of amides is 1. The lowest BCUT2D eigenvalue weighted by molar-refractivity contribution is -0.120. The highest BCUT2D eigenvalue weighted by atomic mass is 32.2. The first-order valence-electron chi connectivity index (χ1n) is 6.38. The molecule has 0 fully saturated rings. The van der Waals surface area contributed by atoms with E-state index in [1.807, 2.05) is 0 Å². The number of carbonyl (C=O) groups is 1. The fourth-order valence-corrected chi connectivity index (χ4v) is 2.26. The summed E-state index contributed by atoms with van der Waals surface area (Å²) in [5.74, 6) is -0.113. The normalized spacial score (nSPS) is 11.1. The quantitative estimate of drug-likeness (QED) is 0.457. The molecule has 0 bridgehead atoms. The molecule has 1 aromatic rings. The molecule has 0 aliphatic carbocycles.